The van der Waals surface area contributed by atoms with Crippen LogP contribution in [-0.4, -0.2) is 20.0 Å². The van der Waals surface area contributed by atoms with Crippen molar-refractivity contribution in [2.75, 3.05) is 0 Å². The molecule has 0 bridgehead atoms. The summed E-state index contributed by atoms with van der Waals surface area (Å²) in [6.45, 7) is 4.64. The number of nitrogens with zero attached hydrogens (tertiary/aromatic N) is 3. The Morgan fingerprint density at radius 3 is 2.63 bits per heavy atom. The predicted octanol–water partition coefficient (Wildman–Crippen LogP) is 4.19. The van der Waals surface area contributed by atoms with Crippen LogP contribution in [0.5, 0.6) is 0 Å². The third-order valence-electron chi connectivity index (χ3n) is 5.23. The first-order valence-electron chi connectivity index (χ1n) is 8.86. The number of amides is 1. The Labute approximate surface area is 162 Å². The first-order valence-corrected chi connectivity index (χ1v) is 9.74. The molecule has 27 heavy (non-hydrogen) atoms. The van der Waals surface area contributed by atoms with Gasteiger partial charge in [-0.15, -0.1) is 11.3 Å². The molecule has 4 aromatic rings. The predicted molar refractivity (Wildman–Crippen MR) is 110 cm³/mol. The second kappa shape index (κ2) is 6.70. The zero-order chi connectivity index (χ0) is 19.1. The van der Waals surface area contributed by atoms with Crippen molar-refractivity contribution < 1.29 is 4.79 Å². The Hall–Kier alpha value is -2.86. The Kier molecular flexibility index (Phi) is 4.36. The highest BCUT2D eigenvalue weighted by Crippen LogP contribution is 2.29. The maximum atomic E-state index is 12.5. The normalized spacial score (nSPS) is 11.3. The van der Waals surface area contributed by atoms with Gasteiger partial charge in [0, 0.05) is 48.3 Å². The molecule has 0 fully saturated rings. The molecule has 0 spiro atoms. The highest BCUT2D eigenvalue weighted by Gasteiger charge is 2.16. The number of aromatic nitrogens is 3. The Balaban J connectivity index is 1.54. The molecule has 0 aliphatic rings. The number of fused-ring (bicyclic) bond motifs is 1. The Bertz CT molecular complexity index is 1150. The van der Waals surface area contributed by atoms with Gasteiger partial charge < -0.3 is 14.5 Å². The van der Waals surface area contributed by atoms with Crippen LogP contribution in [-0.2, 0) is 20.6 Å². The van der Waals surface area contributed by atoms with Crippen LogP contribution in [0.1, 0.15) is 27.4 Å². The van der Waals surface area contributed by atoms with Gasteiger partial charge in [0.25, 0.3) is 5.91 Å². The lowest BCUT2D eigenvalue weighted by molar-refractivity contribution is 0.0946. The molecule has 6 heteroatoms. The molecule has 3 aromatic heterocycles. The third kappa shape index (κ3) is 3.06. The molecule has 1 amide bonds. The molecular weight excluding hydrogens is 356 g/mol. The average molecular weight is 379 g/mol. The Morgan fingerprint density at radius 2 is 1.93 bits per heavy atom. The van der Waals surface area contributed by atoms with E-state index in [4.69, 9.17) is 0 Å². The first-order chi connectivity index (χ1) is 13.0. The standard InChI is InChI=1S/C21H22N4OS/c1-13-9-16(14(2)24(13)3)11-22-20(26)17-12-27-21(23-17)19-10-15-7-5-6-8-18(15)25(19)4/h5-10,12H,11H2,1-4H3,(H,22,26). The van der Waals surface area contributed by atoms with Gasteiger partial charge in [0.2, 0.25) is 0 Å². The molecule has 0 saturated heterocycles. The second-order valence-electron chi connectivity index (χ2n) is 6.82. The number of nitrogens with one attached hydrogen (secondary N) is 1. The van der Waals surface area contributed by atoms with E-state index in [-0.39, 0.29) is 5.91 Å². The number of hydrogen-bond donors (Lipinski definition) is 1. The van der Waals surface area contributed by atoms with E-state index in [1.165, 1.54) is 28.1 Å². The van der Waals surface area contributed by atoms with Gasteiger partial charge in [-0.25, -0.2) is 4.98 Å². The first kappa shape index (κ1) is 17.5. The van der Waals surface area contributed by atoms with Crippen LogP contribution in [0.25, 0.3) is 21.6 Å². The van der Waals surface area contributed by atoms with E-state index in [0.29, 0.717) is 12.2 Å². The molecule has 1 N–H and O–H groups in total. The summed E-state index contributed by atoms with van der Waals surface area (Å²) in [6.07, 6.45) is 0. The van der Waals surface area contributed by atoms with Crippen LogP contribution in [0.3, 0.4) is 0 Å². The summed E-state index contributed by atoms with van der Waals surface area (Å²) in [5, 5.41) is 6.84. The lowest BCUT2D eigenvalue weighted by atomic mass is 10.2. The summed E-state index contributed by atoms with van der Waals surface area (Å²) in [6, 6.07) is 12.5. The number of benzene rings is 1. The molecule has 0 aliphatic carbocycles. The van der Waals surface area contributed by atoms with E-state index < -0.39 is 0 Å². The van der Waals surface area contributed by atoms with E-state index in [1.807, 2.05) is 31.6 Å². The van der Waals surface area contributed by atoms with Crippen LogP contribution in [0.4, 0.5) is 0 Å². The minimum Gasteiger partial charge on any atom is -0.352 e. The highest BCUT2D eigenvalue weighted by atomic mass is 32.1. The van der Waals surface area contributed by atoms with Crippen LogP contribution < -0.4 is 5.32 Å². The van der Waals surface area contributed by atoms with Crippen LogP contribution in [0.15, 0.2) is 41.8 Å². The van der Waals surface area contributed by atoms with Crippen molar-refractivity contribution in [3.05, 3.63) is 64.4 Å². The molecule has 1 aromatic carbocycles. The van der Waals surface area contributed by atoms with Gasteiger partial charge in [-0.3, -0.25) is 4.79 Å². The van der Waals surface area contributed by atoms with Gasteiger partial charge in [-0.2, -0.15) is 0 Å². The van der Waals surface area contributed by atoms with E-state index in [2.05, 4.69) is 57.5 Å². The van der Waals surface area contributed by atoms with Crippen molar-refractivity contribution in [2.45, 2.75) is 20.4 Å². The van der Waals surface area contributed by atoms with E-state index in [1.54, 1.807) is 0 Å². The molecule has 5 nitrogen and oxygen atoms in total. The zero-order valence-electron chi connectivity index (χ0n) is 15.9. The van der Waals surface area contributed by atoms with Crippen molar-refractivity contribution in [3.8, 4) is 10.7 Å². The summed E-state index contributed by atoms with van der Waals surface area (Å²) in [5.41, 5.74) is 6.13. The largest absolute Gasteiger partial charge is 0.352 e. The van der Waals surface area contributed by atoms with Gasteiger partial charge in [-0.1, -0.05) is 18.2 Å². The number of para-hydroxylation sites is 1. The van der Waals surface area contributed by atoms with Gasteiger partial charge >= 0.3 is 0 Å². The minimum atomic E-state index is -0.142. The second-order valence-corrected chi connectivity index (χ2v) is 7.68. The van der Waals surface area contributed by atoms with Crippen LogP contribution in [0.2, 0.25) is 0 Å². The monoisotopic (exact) mass is 378 g/mol. The van der Waals surface area contributed by atoms with E-state index in [0.717, 1.165) is 21.8 Å². The van der Waals surface area contributed by atoms with Gasteiger partial charge in [0.15, 0.2) is 0 Å². The summed E-state index contributed by atoms with van der Waals surface area (Å²) < 4.78 is 4.24. The van der Waals surface area contributed by atoms with E-state index >= 15 is 0 Å². The number of rotatable bonds is 4. The summed E-state index contributed by atoms with van der Waals surface area (Å²) in [7, 11) is 4.06. The van der Waals surface area contributed by atoms with Gasteiger partial charge in [-0.05, 0) is 37.6 Å². The van der Waals surface area contributed by atoms with Crippen LogP contribution in [0, 0.1) is 13.8 Å². The lowest BCUT2D eigenvalue weighted by Gasteiger charge is -2.04. The van der Waals surface area contributed by atoms with Crippen molar-refractivity contribution in [1.82, 2.24) is 19.4 Å². The molecule has 0 unspecified atom stereocenters. The molecule has 4 rings (SSSR count). The maximum Gasteiger partial charge on any atom is 0.271 e. The van der Waals surface area contributed by atoms with Crippen molar-refractivity contribution in [2.24, 2.45) is 14.1 Å². The van der Waals surface area contributed by atoms with Gasteiger partial charge in [0.05, 0.1) is 5.69 Å². The topological polar surface area (TPSA) is 51.9 Å². The van der Waals surface area contributed by atoms with Crippen molar-refractivity contribution in [3.63, 3.8) is 0 Å². The fourth-order valence-electron chi connectivity index (χ4n) is 3.37. The lowest BCUT2D eigenvalue weighted by Crippen LogP contribution is -2.23. The molecule has 0 aliphatic heterocycles. The quantitative estimate of drug-likeness (QED) is 0.579. The Morgan fingerprint density at radius 1 is 1.15 bits per heavy atom. The number of aryl methyl sites for hydroxylation is 2. The summed E-state index contributed by atoms with van der Waals surface area (Å²) in [5.74, 6) is -0.142. The third-order valence-corrected chi connectivity index (χ3v) is 6.09. The maximum absolute atomic E-state index is 12.5. The molecule has 138 valence electrons. The molecule has 3 heterocycles. The van der Waals surface area contributed by atoms with Gasteiger partial charge in [0.1, 0.15) is 10.7 Å². The molecule has 0 atom stereocenters. The molecule has 0 saturated carbocycles. The summed E-state index contributed by atoms with van der Waals surface area (Å²) in [4.78, 5) is 17.1. The average Bonchev–Trinajstić information content (AvgIpc) is 3.34. The smallest absolute Gasteiger partial charge is 0.271 e. The van der Waals surface area contributed by atoms with Crippen molar-refractivity contribution in [1.29, 1.82) is 0 Å². The summed E-state index contributed by atoms with van der Waals surface area (Å²) >= 11 is 1.49. The van der Waals surface area contributed by atoms with Crippen LogP contribution >= 0.6 is 11.3 Å². The fourth-order valence-corrected chi connectivity index (χ4v) is 4.22. The number of carbonyl (C=O) groups excluding carboxylic acids is 1. The number of thiazole rings is 1. The SMILES string of the molecule is Cc1cc(CNC(=O)c2csc(-c3cc4ccccc4n3C)n2)c(C)n1C. The molecule has 0 radical (unpaired) electrons. The minimum absolute atomic E-state index is 0.142. The number of carbonyl (C=O) groups is 1. The number of hydrogen-bond acceptors (Lipinski definition) is 3. The van der Waals surface area contributed by atoms with Crippen molar-refractivity contribution >= 4 is 28.1 Å². The molecular formula is C21H22N4OS. The van der Waals surface area contributed by atoms with E-state index in [9.17, 15) is 4.79 Å². The zero-order valence-corrected chi connectivity index (χ0v) is 16.7. The highest BCUT2D eigenvalue weighted by molar-refractivity contribution is 7.13. The fraction of sp³-hybridized carbons (Fsp3) is 0.238.